The van der Waals surface area contributed by atoms with Gasteiger partial charge in [-0.15, -0.1) is 0 Å². The molecule has 0 saturated carbocycles. The lowest BCUT2D eigenvalue weighted by Crippen LogP contribution is -2.48. The van der Waals surface area contributed by atoms with E-state index in [2.05, 4.69) is 9.97 Å². The lowest BCUT2D eigenvalue weighted by atomic mass is 9.95. The van der Waals surface area contributed by atoms with Crippen LogP contribution in [-0.2, 0) is 0 Å². The van der Waals surface area contributed by atoms with E-state index in [1.807, 2.05) is 0 Å². The summed E-state index contributed by atoms with van der Waals surface area (Å²) in [6, 6.07) is 1.61. The zero-order valence-corrected chi connectivity index (χ0v) is 10.7. The summed E-state index contributed by atoms with van der Waals surface area (Å²) in [5.41, 5.74) is 5.67. The highest BCUT2D eigenvalue weighted by atomic mass is 16.3. The van der Waals surface area contributed by atoms with Gasteiger partial charge in [-0.3, -0.25) is 4.79 Å². The van der Waals surface area contributed by atoms with Crippen molar-refractivity contribution in [2.75, 3.05) is 18.8 Å². The Balaban J connectivity index is 2.20. The Labute approximate surface area is 106 Å². The first-order valence-electron chi connectivity index (χ1n) is 6.00. The number of amides is 1. The van der Waals surface area contributed by atoms with E-state index in [9.17, 15) is 9.90 Å². The Hall–Kier alpha value is -1.69. The summed E-state index contributed by atoms with van der Waals surface area (Å²) >= 11 is 0. The van der Waals surface area contributed by atoms with E-state index >= 15 is 0 Å². The van der Waals surface area contributed by atoms with Crippen LogP contribution in [0.25, 0.3) is 0 Å². The van der Waals surface area contributed by atoms with Crippen molar-refractivity contribution in [1.29, 1.82) is 0 Å². The zero-order chi connectivity index (χ0) is 13.3. The molecule has 0 radical (unpaired) electrons. The molecule has 1 aliphatic rings. The van der Waals surface area contributed by atoms with Crippen molar-refractivity contribution in [1.82, 2.24) is 14.9 Å². The first-order valence-corrected chi connectivity index (χ1v) is 6.00. The summed E-state index contributed by atoms with van der Waals surface area (Å²) in [5, 5.41) is 10.00. The number of aromatic nitrogens is 2. The van der Waals surface area contributed by atoms with E-state index < -0.39 is 5.60 Å². The van der Waals surface area contributed by atoms with Crippen LogP contribution in [0.4, 0.5) is 5.95 Å². The summed E-state index contributed by atoms with van der Waals surface area (Å²) in [6.07, 6.45) is 1.50. The number of aliphatic hydroxyl groups is 1. The average Bonchev–Trinajstić information content (AvgIpc) is 2.25. The maximum Gasteiger partial charge on any atom is 0.272 e. The average molecular weight is 250 g/mol. The van der Waals surface area contributed by atoms with E-state index in [0.29, 0.717) is 25.2 Å². The van der Waals surface area contributed by atoms with Crippen molar-refractivity contribution in [2.45, 2.75) is 32.3 Å². The Morgan fingerprint density at radius 3 is 2.89 bits per heavy atom. The van der Waals surface area contributed by atoms with Gasteiger partial charge in [-0.25, -0.2) is 9.97 Å². The van der Waals surface area contributed by atoms with Crippen molar-refractivity contribution < 1.29 is 9.90 Å². The topological polar surface area (TPSA) is 92.3 Å². The highest BCUT2D eigenvalue weighted by molar-refractivity contribution is 5.92. The van der Waals surface area contributed by atoms with E-state index in [0.717, 1.165) is 6.42 Å². The molecular formula is C12H18N4O2. The fourth-order valence-electron chi connectivity index (χ4n) is 2.26. The van der Waals surface area contributed by atoms with Crippen LogP contribution in [0.3, 0.4) is 0 Å². The molecule has 1 amide bonds. The van der Waals surface area contributed by atoms with Crippen molar-refractivity contribution in [2.24, 2.45) is 0 Å². The SMILES string of the molecule is Cc1cc(C(=O)N2CCCC(C)(O)C2)nc(N)n1. The van der Waals surface area contributed by atoms with Gasteiger partial charge in [0.15, 0.2) is 0 Å². The van der Waals surface area contributed by atoms with E-state index in [1.54, 1.807) is 24.8 Å². The van der Waals surface area contributed by atoms with Crippen molar-refractivity contribution in [3.8, 4) is 0 Å². The molecule has 0 spiro atoms. The number of carbonyl (C=O) groups is 1. The van der Waals surface area contributed by atoms with Gasteiger partial charge >= 0.3 is 0 Å². The molecule has 0 aliphatic carbocycles. The van der Waals surface area contributed by atoms with E-state index in [1.165, 1.54) is 0 Å². The first-order chi connectivity index (χ1) is 8.37. The number of anilines is 1. The minimum atomic E-state index is -0.818. The molecule has 18 heavy (non-hydrogen) atoms. The largest absolute Gasteiger partial charge is 0.388 e. The molecule has 6 heteroatoms. The van der Waals surface area contributed by atoms with Crippen LogP contribution >= 0.6 is 0 Å². The van der Waals surface area contributed by atoms with Gasteiger partial charge in [0.1, 0.15) is 5.69 Å². The van der Waals surface area contributed by atoms with Gasteiger partial charge in [-0.05, 0) is 32.8 Å². The number of piperidine rings is 1. The minimum absolute atomic E-state index is 0.0992. The normalized spacial score (nSPS) is 24.1. The van der Waals surface area contributed by atoms with Gasteiger partial charge in [-0.2, -0.15) is 0 Å². The zero-order valence-electron chi connectivity index (χ0n) is 10.7. The molecule has 6 nitrogen and oxygen atoms in total. The second kappa shape index (κ2) is 4.53. The molecule has 1 atom stereocenters. The lowest BCUT2D eigenvalue weighted by Gasteiger charge is -2.36. The maximum absolute atomic E-state index is 12.3. The number of rotatable bonds is 1. The molecule has 2 heterocycles. The van der Waals surface area contributed by atoms with Gasteiger partial charge in [0.05, 0.1) is 5.60 Å². The summed E-state index contributed by atoms with van der Waals surface area (Å²) < 4.78 is 0. The first kappa shape index (κ1) is 12.8. The molecule has 1 aliphatic heterocycles. The van der Waals surface area contributed by atoms with Crippen LogP contribution < -0.4 is 5.73 Å². The molecule has 98 valence electrons. The summed E-state index contributed by atoms with van der Waals surface area (Å²) in [6.45, 7) is 4.47. The Bertz CT molecular complexity index is 453. The van der Waals surface area contributed by atoms with Crippen LogP contribution in [0.15, 0.2) is 6.07 Å². The summed E-state index contributed by atoms with van der Waals surface area (Å²) in [7, 11) is 0. The highest BCUT2D eigenvalue weighted by Crippen LogP contribution is 2.21. The van der Waals surface area contributed by atoms with Crippen LogP contribution in [0.2, 0.25) is 0 Å². The minimum Gasteiger partial charge on any atom is -0.388 e. The number of β-amino-alcohol motifs (C(OH)–C–C–N with tert-alkyl or cyclic N) is 1. The van der Waals surface area contributed by atoms with Crippen LogP contribution in [0, 0.1) is 6.92 Å². The molecule has 1 unspecified atom stereocenters. The third-order valence-electron chi connectivity index (χ3n) is 3.05. The number of nitrogen functional groups attached to an aromatic ring is 1. The van der Waals surface area contributed by atoms with Gasteiger partial charge in [0.25, 0.3) is 5.91 Å². The standard InChI is InChI=1S/C12H18N4O2/c1-8-6-9(15-11(13)14-8)10(17)16-5-3-4-12(2,18)7-16/h6,18H,3-5,7H2,1-2H3,(H2,13,14,15). The number of likely N-dealkylation sites (tertiary alicyclic amines) is 1. The van der Waals surface area contributed by atoms with Gasteiger partial charge < -0.3 is 15.7 Å². The number of hydrogen-bond donors (Lipinski definition) is 2. The molecule has 1 fully saturated rings. The second-order valence-corrected chi connectivity index (χ2v) is 5.08. The van der Waals surface area contributed by atoms with Crippen LogP contribution in [0.5, 0.6) is 0 Å². The Kier molecular flexibility index (Phi) is 3.21. The number of nitrogens with two attached hydrogens (primary N) is 1. The molecule has 2 rings (SSSR count). The fourth-order valence-corrected chi connectivity index (χ4v) is 2.26. The van der Waals surface area contributed by atoms with Gasteiger partial charge in [0, 0.05) is 18.8 Å². The molecule has 1 saturated heterocycles. The van der Waals surface area contributed by atoms with Crippen molar-refractivity contribution in [3.05, 3.63) is 17.5 Å². The molecule has 3 N–H and O–H groups in total. The number of hydrogen-bond acceptors (Lipinski definition) is 5. The molecule has 1 aromatic heterocycles. The third kappa shape index (κ3) is 2.76. The molecular weight excluding hydrogens is 232 g/mol. The summed E-state index contributed by atoms with van der Waals surface area (Å²) in [5.74, 6) is -0.103. The molecule has 1 aromatic rings. The van der Waals surface area contributed by atoms with E-state index in [4.69, 9.17) is 5.73 Å². The molecule has 0 bridgehead atoms. The fraction of sp³-hybridized carbons (Fsp3) is 0.583. The quantitative estimate of drug-likeness (QED) is 0.750. The smallest absolute Gasteiger partial charge is 0.272 e. The Morgan fingerprint density at radius 2 is 2.28 bits per heavy atom. The number of nitrogens with zero attached hydrogens (tertiary/aromatic N) is 3. The second-order valence-electron chi connectivity index (χ2n) is 5.08. The Morgan fingerprint density at radius 1 is 1.56 bits per heavy atom. The lowest BCUT2D eigenvalue weighted by molar-refractivity contribution is -0.0109. The maximum atomic E-state index is 12.3. The van der Waals surface area contributed by atoms with Crippen molar-refractivity contribution >= 4 is 11.9 Å². The van der Waals surface area contributed by atoms with E-state index in [-0.39, 0.29) is 17.5 Å². The monoisotopic (exact) mass is 250 g/mol. The highest BCUT2D eigenvalue weighted by Gasteiger charge is 2.31. The van der Waals surface area contributed by atoms with Gasteiger partial charge in [-0.1, -0.05) is 0 Å². The predicted octanol–water partition coefficient (Wildman–Crippen LogP) is 0.354. The summed E-state index contributed by atoms with van der Waals surface area (Å²) in [4.78, 5) is 21.8. The van der Waals surface area contributed by atoms with Crippen LogP contribution in [-0.4, -0.2) is 44.6 Å². The van der Waals surface area contributed by atoms with Crippen molar-refractivity contribution in [3.63, 3.8) is 0 Å². The van der Waals surface area contributed by atoms with Crippen LogP contribution in [0.1, 0.15) is 35.9 Å². The van der Waals surface area contributed by atoms with Gasteiger partial charge in [0.2, 0.25) is 5.95 Å². The molecule has 0 aromatic carbocycles. The predicted molar refractivity (Wildman–Crippen MR) is 66.9 cm³/mol. The number of aryl methyl sites for hydroxylation is 1. The number of carbonyl (C=O) groups excluding carboxylic acids is 1. The third-order valence-corrected chi connectivity index (χ3v) is 3.05.